The zero-order valence-electron chi connectivity index (χ0n) is 14.2. The van der Waals surface area contributed by atoms with Crippen LogP contribution in [0.15, 0.2) is 30.3 Å². The monoisotopic (exact) mass is 387 g/mol. The van der Waals surface area contributed by atoms with E-state index >= 15 is 0 Å². The predicted molar refractivity (Wildman–Crippen MR) is 91.2 cm³/mol. The molecule has 0 saturated heterocycles. The normalized spacial score (nSPS) is 10.4. The van der Waals surface area contributed by atoms with Crippen LogP contribution in [0.2, 0.25) is 0 Å². The number of halogens is 3. The smallest absolute Gasteiger partial charge is 0.490 e. The molecule has 0 saturated carbocycles. The molecule has 2 aromatic rings. The maximum atomic E-state index is 11.4. The molecular formula is C16H16F3N3O5. The average Bonchev–Trinajstić information content (AvgIpc) is 2.60. The first-order valence-corrected chi connectivity index (χ1v) is 7.10. The van der Waals surface area contributed by atoms with Crippen LogP contribution in [0.4, 0.5) is 23.7 Å². The van der Waals surface area contributed by atoms with Gasteiger partial charge in [0.1, 0.15) is 11.6 Å². The molecule has 146 valence electrons. The molecule has 0 aliphatic heterocycles. The largest absolute Gasteiger partial charge is 0.497 e. The van der Waals surface area contributed by atoms with Gasteiger partial charge in [0.2, 0.25) is 0 Å². The summed E-state index contributed by atoms with van der Waals surface area (Å²) in [6.45, 7) is 0. The van der Waals surface area contributed by atoms with E-state index in [9.17, 15) is 18.0 Å². The number of carboxylic acid groups (broad SMARTS) is 1. The van der Waals surface area contributed by atoms with Gasteiger partial charge in [-0.3, -0.25) is 10.7 Å². The lowest BCUT2D eigenvalue weighted by atomic mass is 10.0. The molecule has 2 aromatic carbocycles. The molecule has 11 heteroatoms. The van der Waals surface area contributed by atoms with Crippen molar-refractivity contribution in [1.82, 2.24) is 0 Å². The Morgan fingerprint density at radius 1 is 1.19 bits per heavy atom. The Kier molecular flexibility index (Phi) is 6.97. The first kappa shape index (κ1) is 21.5. The molecular weight excluding hydrogens is 371 g/mol. The highest BCUT2D eigenvalue weighted by Crippen LogP contribution is 2.30. The van der Waals surface area contributed by atoms with Crippen molar-refractivity contribution in [2.75, 3.05) is 19.5 Å². The number of fused-ring (bicyclic) bond motifs is 1. The summed E-state index contributed by atoms with van der Waals surface area (Å²) in [5, 5.41) is 18.8. The SMILES string of the molecule is COC(=O)Nc1cc(OC)cc2ccc(C(=N)N)cc12.O=C(O)C(F)(F)F. The van der Waals surface area contributed by atoms with Crippen molar-refractivity contribution in [3.8, 4) is 5.75 Å². The number of ether oxygens (including phenoxy) is 2. The van der Waals surface area contributed by atoms with E-state index < -0.39 is 18.2 Å². The van der Waals surface area contributed by atoms with Gasteiger partial charge in [-0.15, -0.1) is 0 Å². The second-order valence-corrected chi connectivity index (χ2v) is 4.94. The number of carbonyl (C=O) groups is 2. The molecule has 8 nitrogen and oxygen atoms in total. The first-order chi connectivity index (χ1) is 12.5. The maximum absolute atomic E-state index is 11.4. The van der Waals surface area contributed by atoms with Gasteiger partial charge in [-0.2, -0.15) is 13.2 Å². The molecule has 0 aliphatic rings. The number of hydrogen-bond acceptors (Lipinski definition) is 5. The molecule has 0 aromatic heterocycles. The van der Waals surface area contributed by atoms with E-state index in [1.54, 1.807) is 25.3 Å². The summed E-state index contributed by atoms with van der Waals surface area (Å²) in [6, 6.07) is 8.82. The average molecular weight is 387 g/mol. The third kappa shape index (κ3) is 6.06. The van der Waals surface area contributed by atoms with Gasteiger partial charge in [0.15, 0.2) is 0 Å². The van der Waals surface area contributed by atoms with Gasteiger partial charge < -0.3 is 20.3 Å². The fraction of sp³-hybridized carbons (Fsp3) is 0.188. The van der Waals surface area contributed by atoms with Gasteiger partial charge in [-0.1, -0.05) is 12.1 Å². The number of anilines is 1. The highest BCUT2D eigenvalue weighted by molar-refractivity contribution is 6.05. The van der Waals surface area contributed by atoms with Gasteiger partial charge in [0.25, 0.3) is 0 Å². The van der Waals surface area contributed by atoms with Gasteiger partial charge in [0.05, 0.1) is 19.9 Å². The van der Waals surface area contributed by atoms with Gasteiger partial charge in [-0.05, 0) is 17.5 Å². The van der Waals surface area contributed by atoms with Crippen molar-refractivity contribution in [2.24, 2.45) is 5.73 Å². The summed E-state index contributed by atoms with van der Waals surface area (Å²) in [4.78, 5) is 20.3. The van der Waals surface area contributed by atoms with Crippen molar-refractivity contribution in [2.45, 2.75) is 6.18 Å². The summed E-state index contributed by atoms with van der Waals surface area (Å²) in [5.74, 6) is -2.18. The molecule has 2 rings (SSSR count). The predicted octanol–water partition coefficient (Wildman–Crippen LogP) is 2.94. The molecule has 0 bridgehead atoms. The summed E-state index contributed by atoms with van der Waals surface area (Å²) < 4.78 is 41.5. The Labute approximate surface area is 151 Å². The number of aliphatic carboxylic acids is 1. The number of amidine groups is 1. The van der Waals surface area contributed by atoms with Gasteiger partial charge in [-0.25, -0.2) is 9.59 Å². The number of rotatable bonds is 3. The number of nitrogen functional groups attached to an aromatic ring is 1. The van der Waals surface area contributed by atoms with E-state index in [2.05, 4.69) is 10.1 Å². The number of carboxylic acids is 1. The molecule has 1 amide bonds. The number of benzene rings is 2. The molecule has 0 radical (unpaired) electrons. The zero-order chi connectivity index (χ0) is 20.8. The lowest BCUT2D eigenvalue weighted by molar-refractivity contribution is -0.192. The Hall–Kier alpha value is -3.50. The van der Waals surface area contributed by atoms with Crippen molar-refractivity contribution in [3.05, 3.63) is 35.9 Å². The van der Waals surface area contributed by atoms with Crippen LogP contribution >= 0.6 is 0 Å². The third-order valence-electron chi connectivity index (χ3n) is 3.14. The highest BCUT2D eigenvalue weighted by Gasteiger charge is 2.38. The van der Waals surface area contributed by atoms with Crippen LogP contribution in [0.25, 0.3) is 10.8 Å². The fourth-order valence-corrected chi connectivity index (χ4v) is 1.88. The topological polar surface area (TPSA) is 135 Å². The fourth-order valence-electron chi connectivity index (χ4n) is 1.88. The minimum Gasteiger partial charge on any atom is -0.497 e. The number of hydrogen-bond donors (Lipinski definition) is 4. The number of alkyl halides is 3. The Morgan fingerprint density at radius 2 is 1.78 bits per heavy atom. The van der Waals surface area contributed by atoms with Crippen LogP contribution < -0.4 is 15.8 Å². The third-order valence-corrected chi connectivity index (χ3v) is 3.14. The molecule has 0 fully saturated rings. The van der Waals surface area contributed by atoms with E-state index in [1.807, 2.05) is 12.1 Å². The molecule has 0 unspecified atom stereocenters. The number of methoxy groups -OCH3 is 2. The molecule has 0 spiro atoms. The quantitative estimate of drug-likeness (QED) is 0.472. The number of amides is 1. The molecule has 0 atom stereocenters. The number of nitrogens with one attached hydrogen (secondary N) is 2. The van der Waals surface area contributed by atoms with Gasteiger partial charge in [0, 0.05) is 17.0 Å². The second kappa shape index (κ2) is 8.74. The van der Waals surface area contributed by atoms with Crippen molar-refractivity contribution < 1.29 is 37.3 Å². The zero-order valence-corrected chi connectivity index (χ0v) is 14.2. The summed E-state index contributed by atoms with van der Waals surface area (Å²) in [7, 11) is 2.84. The van der Waals surface area contributed by atoms with Crippen LogP contribution in [0.5, 0.6) is 5.75 Å². The minimum atomic E-state index is -5.08. The molecule has 5 N–H and O–H groups in total. The van der Waals surface area contributed by atoms with E-state index in [0.717, 1.165) is 10.8 Å². The lowest BCUT2D eigenvalue weighted by Crippen LogP contribution is -2.21. The van der Waals surface area contributed by atoms with Crippen LogP contribution in [-0.2, 0) is 9.53 Å². The van der Waals surface area contributed by atoms with Crippen LogP contribution in [-0.4, -0.2) is 43.4 Å². The number of carbonyl (C=O) groups excluding carboxylic acids is 1. The van der Waals surface area contributed by atoms with Crippen molar-refractivity contribution >= 4 is 34.4 Å². The Bertz CT molecular complexity index is 868. The van der Waals surface area contributed by atoms with Crippen LogP contribution in [0.3, 0.4) is 0 Å². The van der Waals surface area contributed by atoms with E-state index in [-0.39, 0.29) is 5.84 Å². The lowest BCUT2D eigenvalue weighted by Gasteiger charge is -2.11. The van der Waals surface area contributed by atoms with Crippen LogP contribution in [0, 0.1) is 5.41 Å². The van der Waals surface area contributed by atoms with Gasteiger partial charge >= 0.3 is 18.2 Å². The Balaban J connectivity index is 0.000000445. The van der Waals surface area contributed by atoms with Crippen molar-refractivity contribution in [3.63, 3.8) is 0 Å². The molecule has 27 heavy (non-hydrogen) atoms. The summed E-state index contributed by atoms with van der Waals surface area (Å²) >= 11 is 0. The van der Waals surface area contributed by atoms with Crippen LogP contribution in [0.1, 0.15) is 5.56 Å². The van der Waals surface area contributed by atoms with E-state index in [1.165, 1.54) is 7.11 Å². The minimum absolute atomic E-state index is 0.0354. The highest BCUT2D eigenvalue weighted by atomic mass is 19.4. The standard InChI is InChI=1S/C14H15N3O3.C2HF3O2/c1-19-10-5-8-3-4-9(13(15)16)6-11(8)12(7-10)17-14(18)20-2;3-2(4,5)1(6)7/h3-7H,1-2H3,(H3,15,16)(H,17,18);(H,6,7). The maximum Gasteiger partial charge on any atom is 0.490 e. The summed E-state index contributed by atoms with van der Waals surface area (Å²) in [6.07, 6.45) is -5.66. The first-order valence-electron chi connectivity index (χ1n) is 7.10. The molecule has 0 heterocycles. The second-order valence-electron chi connectivity index (χ2n) is 4.94. The number of nitrogens with two attached hydrogens (primary N) is 1. The summed E-state index contributed by atoms with van der Waals surface area (Å²) in [5.41, 5.74) is 6.60. The van der Waals surface area contributed by atoms with Crippen molar-refractivity contribution in [1.29, 1.82) is 5.41 Å². The van der Waals surface area contributed by atoms with E-state index in [0.29, 0.717) is 17.0 Å². The Morgan fingerprint density at radius 3 is 2.22 bits per heavy atom. The molecule has 0 aliphatic carbocycles. The van der Waals surface area contributed by atoms with E-state index in [4.69, 9.17) is 25.8 Å².